The van der Waals surface area contributed by atoms with E-state index in [2.05, 4.69) is 0 Å². The third-order valence-electron chi connectivity index (χ3n) is 3.75. The van der Waals surface area contributed by atoms with Crippen LogP contribution < -0.4 is 0 Å². The Morgan fingerprint density at radius 1 is 1.26 bits per heavy atom. The first-order valence-electron chi connectivity index (χ1n) is 6.86. The molecule has 2 fully saturated rings. The van der Waals surface area contributed by atoms with E-state index in [-0.39, 0.29) is 11.8 Å². The summed E-state index contributed by atoms with van der Waals surface area (Å²) in [6, 6.07) is 0. The zero-order valence-electron chi connectivity index (χ0n) is 11.0. The van der Waals surface area contributed by atoms with Crippen LogP contribution in [0.4, 0.5) is 0 Å². The van der Waals surface area contributed by atoms with Crippen LogP contribution >= 0.6 is 11.8 Å². The predicted octanol–water partition coefficient (Wildman–Crippen LogP) is 1.22. The van der Waals surface area contributed by atoms with E-state index >= 15 is 0 Å². The first-order valence-corrected chi connectivity index (χ1v) is 8.02. The van der Waals surface area contributed by atoms with Crippen molar-refractivity contribution in [3.8, 4) is 0 Å². The molecule has 0 aliphatic carbocycles. The van der Waals surface area contributed by atoms with Crippen LogP contribution in [0.2, 0.25) is 0 Å². The number of rotatable bonds is 5. The molecule has 1 amide bonds. The maximum atomic E-state index is 12.0. The molecule has 0 unspecified atom stereocenters. The molecule has 0 bridgehead atoms. The minimum atomic E-state index is -0.736. The number of carboxylic acids is 1. The van der Waals surface area contributed by atoms with Crippen molar-refractivity contribution in [2.45, 2.75) is 31.8 Å². The lowest BCUT2D eigenvalue weighted by molar-refractivity contribution is -0.145. The number of carbonyl (C=O) groups is 2. The second-order valence-electron chi connectivity index (χ2n) is 5.14. The lowest BCUT2D eigenvalue weighted by Gasteiger charge is -2.30. The fourth-order valence-electron chi connectivity index (χ4n) is 2.52. The highest BCUT2D eigenvalue weighted by atomic mass is 32.2. The number of carbonyl (C=O) groups excluding carboxylic acids is 1. The van der Waals surface area contributed by atoms with Crippen LogP contribution in [0.1, 0.15) is 25.7 Å². The van der Waals surface area contributed by atoms with Crippen LogP contribution in [0.3, 0.4) is 0 Å². The number of ether oxygens (including phenoxy) is 1. The highest BCUT2D eigenvalue weighted by Crippen LogP contribution is 2.20. The Morgan fingerprint density at radius 3 is 2.58 bits per heavy atom. The quantitative estimate of drug-likeness (QED) is 0.823. The van der Waals surface area contributed by atoms with Crippen LogP contribution in [-0.2, 0) is 14.3 Å². The van der Waals surface area contributed by atoms with Crippen molar-refractivity contribution in [3.63, 3.8) is 0 Å². The van der Waals surface area contributed by atoms with Crippen LogP contribution in [-0.4, -0.2) is 59.2 Å². The molecular weight excluding hydrogens is 266 g/mol. The number of amides is 1. The molecule has 1 atom stereocenters. The summed E-state index contributed by atoms with van der Waals surface area (Å²) in [5.41, 5.74) is 0. The lowest BCUT2D eigenvalue weighted by atomic mass is 9.97. The highest BCUT2D eigenvalue weighted by molar-refractivity contribution is 7.99. The monoisotopic (exact) mass is 287 g/mol. The van der Waals surface area contributed by atoms with Crippen molar-refractivity contribution in [1.29, 1.82) is 0 Å². The average molecular weight is 287 g/mol. The number of thioether (sulfide) groups is 1. The van der Waals surface area contributed by atoms with Crippen molar-refractivity contribution in [3.05, 3.63) is 0 Å². The molecule has 0 aromatic carbocycles. The first kappa shape index (κ1) is 14.7. The Labute approximate surface area is 117 Å². The Balaban J connectivity index is 1.62. The molecule has 19 heavy (non-hydrogen) atoms. The van der Waals surface area contributed by atoms with E-state index in [9.17, 15) is 9.59 Å². The second kappa shape index (κ2) is 7.14. The van der Waals surface area contributed by atoms with Crippen LogP contribution in [0, 0.1) is 5.92 Å². The second-order valence-corrected chi connectivity index (χ2v) is 6.17. The highest BCUT2D eigenvalue weighted by Gasteiger charge is 2.27. The van der Waals surface area contributed by atoms with Gasteiger partial charge in [-0.1, -0.05) is 0 Å². The number of aliphatic carboxylic acids is 1. The fourth-order valence-corrected chi connectivity index (χ4v) is 3.52. The average Bonchev–Trinajstić information content (AvgIpc) is 2.92. The number of hydrogen-bond acceptors (Lipinski definition) is 4. The van der Waals surface area contributed by atoms with Gasteiger partial charge < -0.3 is 14.7 Å². The molecule has 0 radical (unpaired) electrons. The number of likely N-dealkylation sites (tertiary alicyclic amines) is 1. The van der Waals surface area contributed by atoms with Crippen molar-refractivity contribution in [1.82, 2.24) is 4.90 Å². The molecular formula is C13H21NO4S. The summed E-state index contributed by atoms with van der Waals surface area (Å²) in [7, 11) is 0. The van der Waals surface area contributed by atoms with E-state index in [0.29, 0.717) is 37.8 Å². The zero-order valence-corrected chi connectivity index (χ0v) is 11.9. The molecule has 108 valence electrons. The van der Waals surface area contributed by atoms with E-state index in [4.69, 9.17) is 9.84 Å². The van der Waals surface area contributed by atoms with E-state index in [1.807, 2.05) is 0 Å². The summed E-state index contributed by atoms with van der Waals surface area (Å²) < 4.78 is 5.51. The molecule has 2 aliphatic rings. The van der Waals surface area contributed by atoms with Gasteiger partial charge >= 0.3 is 5.97 Å². The maximum absolute atomic E-state index is 12.0. The Bertz CT molecular complexity index is 323. The van der Waals surface area contributed by atoms with Gasteiger partial charge in [-0.05, 0) is 25.7 Å². The molecule has 0 saturated carbocycles. The number of piperidine rings is 1. The van der Waals surface area contributed by atoms with Gasteiger partial charge in [0, 0.05) is 25.4 Å². The smallest absolute Gasteiger partial charge is 0.306 e. The topological polar surface area (TPSA) is 66.8 Å². The third-order valence-corrected chi connectivity index (χ3v) is 4.81. The van der Waals surface area contributed by atoms with Gasteiger partial charge in [-0.25, -0.2) is 0 Å². The van der Waals surface area contributed by atoms with Crippen LogP contribution in [0.15, 0.2) is 0 Å². The maximum Gasteiger partial charge on any atom is 0.306 e. The number of carboxylic acid groups (broad SMARTS) is 1. The summed E-state index contributed by atoms with van der Waals surface area (Å²) in [5, 5.41) is 8.90. The Morgan fingerprint density at radius 2 is 2.00 bits per heavy atom. The molecule has 2 rings (SSSR count). The zero-order chi connectivity index (χ0) is 13.7. The third kappa shape index (κ3) is 4.38. The number of hydrogen-bond donors (Lipinski definition) is 1. The van der Waals surface area contributed by atoms with Gasteiger partial charge in [0.1, 0.15) is 0 Å². The minimum Gasteiger partial charge on any atom is -0.481 e. The van der Waals surface area contributed by atoms with E-state index in [1.54, 1.807) is 16.7 Å². The van der Waals surface area contributed by atoms with Crippen LogP contribution in [0.5, 0.6) is 0 Å². The molecule has 2 saturated heterocycles. The lowest BCUT2D eigenvalue weighted by Crippen LogP contribution is -2.41. The summed E-state index contributed by atoms with van der Waals surface area (Å²) in [6.45, 7) is 2.01. The SMILES string of the molecule is O=C(O)C1CCN(C(=O)CSC[C@H]2CCCO2)CC1. The van der Waals surface area contributed by atoms with Crippen molar-refractivity contribution in [2.75, 3.05) is 31.2 Å². The van der Waals surface area contributed by atoms with Gasteiger partial charge in [-0.2, -0.15) is 0 Å². The molecule has 2 heterocycles. The van der Waals surface area contributed by atoms with Gasteiger partial charge in [0.2, 0.25) is 5.91 Å². The number of nitrogens with zero attached hydrogens (tertiary/aromatic N) is 1. The Hall–Kier alpha value is -0.750. The van der Waals surface area contributed by atoms with Crippen molar-refractivity contribution in [2.24, 2.45) is 5.92 Å². The fraction of sp³-hybridized carbons (Fsp3) is 0.846. The van der Waals surface area contributed by atoms with Crippen molar-refractivity contribution >= 4 is 23.6 Å². The van der Waals surface area contributed by atoms with Crippen LogP contribution in [0.25, 0.3) is 0 Å². The molecule has 2 aliphatic heterocycles. The normalized spacial score (nSPS) is 24.6. The molecule has 1 N–H and O–H groups in total. The first-order chi connectivity index (χ1) is 9.16. The van der Waals surface area contributed by atoms with E-state index in [0.717, 1.165) is 25.2 Å². The molecule has 5 nitrogen and oxygen atoms in total. The predicted molar refractivity (Wildman–Crippen MR) is 73.2 cm³/mol. The van der Waals surface area contributed by atoms with E-state index in [1.165, 1.54) is 0 Å². The summed E-state index contributed by atoms with van der Waals surface area (Å²) in [6.07, 6.45) is 3.71. The van der Waals surface area contributed by atoms with Gasteiger partial charge in [0.15, 0.2) is 0 Å². The van der Waals surface area contributed by atoms with Gasteiger partial charge in [-0.15, -0.1) is 11.8 Å². The van der Waals surface area contributed by atoms with Gasteiger partial charge in [0.05, 0.1) is 17.8 Å². The summed E-state index contributed by atoms with van der Waals surface area (Å²) in [4.78, 5) is 24.6. The van der Waals surface area contributed by atoms with Gasteiger partial charge in [0.25, 0.3) is 0 Å². The summed E-state index contributed by atoms with van der Waals surface area (Å²) in [5.74, 6) is 0.491. The Kier molecular flexibility index (Phi) is 5.51. The molecule has 0 spiro atoms. The standard InChI is InChI=1S/C13H21NO4S/c15-12(9-19-8-11-2-1-7-18-11)14-5-3-10(4-6-14)13(16)17/h10-11H,1-9H2,(H,16,17)/t11-/m1/s1. The molecule has 0 aromatic heterocycles. The van der Waals surface area contributed by atoms with E-state index < -0.39 is 5.97 Å². The summed E-state index contributed by atoms with van der Waals surface area (Å²) >= 11 is 1.63. The molecule has 0 aromatic rings. The largest absolute Gasteiger partial charge is 0.481 e. The van der Waals surface area contributed by atoms with Gasteiger partial charge in [-0.3, -0.25) is 9.59 Å². The minimum absolute atomic E-state index is 0.131. The molecule has 6 heteroatoms. The van der Waals surface area contributed by atoms with Crippen molar-refractivity contribution < 1.29 is 19.4 Å².